The molecule has 0 spiro atoms. The molecule has 5 rings (SSSR count). The topological polar surface area (TPSA) is 8.17 Å². The van der Waals surface area contributed by atoms with Gasteiger partial charge >= 0.3 is 0 Å². The van der Waals surface area contributed by atoms with E-state index in [9.17, 15) is 0 Å². The van der Waals surface area contributed by atoms with Gasteiger partial charge in [-0.15, -0.1) is 0 Å². The molecule has 2 atom stereocenters. The van der Waals surface area contributed by atoms with E-state index in [1.54, 1.807) is 11.3 Å². The molecule has 3 aliphatic rings. The van der Waals surface area contributed by atoms with Crippen LogP contribution < -0.4 is 0 Å². The van der Waals surface area contributed by atoms with Crippen LogP contribution in [0.2, 0.25) is 0 Å². The molecule has 0 radical (unpaired) electrons. The van der Waals surface area contributed by atoms with Crippen molar-refractivity contribution in [2.24, 2.45) is 5.92 Å². The van der Waals surface area contributed by atoms with E-state index in [0.717, 1.165) is 12.0 Å². The van der Waals surface area contributed by atoms with Crippen molar-refractivity contribution in [1.82, 2.24) is 9.47 Å². The number of piperidine rings is 1. The molecule has 0 aliphatic carbocycles. The van der Waals surface area contributed by atoms with Gasteiger partial charge in [-0.1, -0.05) is 18.2 Å². The summed E-state index contributed by atoms with van der Waals surface area (Å²) in [5.74, 6) is 0.921. The zero-order valence-corrected chi connectivity index (χ0v) is 11.3. The number of fused-ring (bicyclic) bond motifs is 3. The number of benzene rings is 1. The second-order valence-electron chi connectivity index (χ2n) is 6.45. The van der Waals surface area contributed by atoms with E-state index in [-0.39, 0.29) is 0 Å². The molecule has 19 heavy (non-hydrogen) atoms. The molecule has 0 unspecified atom stereocenters. The third kappa shape index (κ3) is 1.26. The molecular formula is C17H20N2. The van der Waals surface area contributed by atoms with Crippen LogP contribution in [0.4, 0.5) is 0 Å². The predicted octanol–water partition coefficient (Wildman–Crippen LogP) is 3.35. The fraction of sp³-hybridized carbons (Fsp3) is 0.529. The molecule has 0 N–H and O–H groups in total. The maximum Gasteiger partial charge on any atom is 0.0532 e. The molecule has 4 heterocycles. The first-order valence-electron chi connectivity index (χ1n) is 7.77. The highest BCUT2D eigenvalue weighted by Gasteiger charge is 2.41. The van der Waals surface area contributed by atoms with Crippen molar-refractivity contribution < 1.29 is 0 Å². The Kier molecular flexibility index (Phi) is 2.01. The normalized spacial score (nSPS) is 29.5. The SMILES string of the molecule is c1ccc2c(c1)c1c3n2CC[C@@H]2CCCN(CC1)[C@@H]32. The van der Waals surface area contributed by atoms with Crippen LogP contribution in [0.1, 0.15) is 36.6 Å². The fourth-order valence-electron chi connectivity index (χ4n) is 4.89. The average molecular weight is 252 g/mol. The largest absolute Gasteiger partial charge is 0.343 e. The summed E-state index contributed by atoms with van der Waals surface area (Å²) in [4.78, 5) is 2.77. The van der Waals surface area contributed by atoms with Gasteiger partial charge in [-0.3, -0.25) is 4.90 Å². The van der Waals surface area contributed by atoms with E-state index in [0.29, 0.717) is 0 Å². The summed E-state index contributed by atoms with van der Waals surface area (Å²) < 4.78 is 2.64. The minimum atomic E-state index is 0.735. The molecule has 1 aromatic heterocycles. The lowest BCUT2D eigenvalue weighted by Crippen LogP contribution is -2.46. The number of rotatable bonds is 0. The first-order chi connectivity index (χ1) is 9.43. The minimum Gasteiger partial charge on any atom is -0.343 e. The van der Waals surface area contributed by atoms with E-state index in [1.165, 1.54) is 56.2 Å². The number of hydrogen-bond donors (Lipinski definition) is 0. The summed E-state index contributed by atoms with van der Waals surface area (Å²) in [6.45, 7) is 3.84. The van der Waals surface area contributed by atoms with Crippen molar-refractivity contribution in [2.75, 3.05) is 13.1 Å². The number of hydrogen-bond acceptors (Lipinski definition) is 1. The highest BCUT2D eigenvalue weighted by Crippen LogP contribution is 2.48. The van der Waals surface area contributed by atoms with Crippen molar-refractivity contribution in [3.8, 4) is 0 Å². The molecule has 2 aromatic rings. The van der Waals surface area contributed by atoms with Crippen LogP contribution in [-0.2, 0) is 13.0 Å². The van der Waals surface area contributed by atoms with Gasteiger partial charge in [0.25, 0.3) is 0 Å². The van der Waals surface area contributed by atoms with E-state index in [2.05, 4.69) is 33.7 Å². The molecule has 1 fully saturated rings. The van der Waals surface area contributed by atoms with Gasteiger partial charge in [-0.2, -0.15) is 0 Å². The molecule has 0 bridgehead atoms. The number of aryl methyl sites for hydroxylation is 1. The zero-order chi connectivity index (χ0) is 12.4. The standard InChI is InChI=1S/C17H20N2/c1-2-6-15-13(5-1)14-8-10-18-9-3-4-12-7-11-19(15)17(14)16(12)18/h1-2,5-6,12,16H,3-4,7-11H2/t12-,16+/m0/s1. The van der Waals surface area contributed by atoms with Gasteiger partial charge in [0.15, 0.2) is 0 Å². The van der Waals surface area contributed by atoms with Crippen LogP contribution in [0.15, 0.2) is 24.3 Å². The first kappa shape index (κ1) is 10.5. The van der Waals surface area contributed by atoms with Gasteiger partial charge in [0.05, 0.1) is 6.04 Å². The molecule has 0 saturated carbocycles. The van der Waals surface area contributed by atoms with E-state index >= 15 is 0 Å². The van der Waals surface area contributed by atoms with Gasteiger partial charge in [-0.05, 0) is 49.8 Å². The average Bonchev–Trinajstić information content (AvgIpc) is 2.81. The Hall–Kier alpha value is -1.28. The molecule has 2 nitrogen and oxygen atoms in total. The van der Waals surface area contributed by atoms with Crippen LogP contribution in [0.25, 0.3) is 10.9 Å². The third-order valence-corrected chi connectivity index (χ3v) is 5.63. The van der Waals surface area contributed by atoms with E-state index in [1.807, 2.05) is 0 Å². The maximum atomic E-state index is 2.77. The lowest BCUT2D eigenvalue weighted by atomic mass is 9.79. The van der Waals surface area contributed by atoms with Crippen LogP contribution in [-0.4, -0.2) is 22.6 Å². The molecule has 0 amide bonds. The zero-order valence-electron chi connectivity index (χ0n) is 11.3. The number of aromatic nitrogens is 1. The molecule has 3 aliphatic heterocycles. The van der Waals surface area contributed by atoms with Gasteiger partial charge in [0.1, 0.15) is 0 Å². The molecule has 98 valence electrons. The highest BCUT2D eigenvalue weighted by molar-refractivity contribution is 5.86. The summed E-state index contributed by atoms with van der Waals surface area (Å²) in [7, 11) is 0. The summed E-state index contributed by atoms with van der Waals surface area (Å²) in [6, 6.07) is 9.79. The molecule has 1 saturated heterocycles. The van der Waals surface area contributed by atoms with Gasteiger partial charge in [0, 0.05) is 29.7 Å². The third-order valence-electron chi connectivity index (χ3n) is 5.63. The summed E-state index contributed by atoms with van der Waals surface area (Å²) in [5, 5.41) is 1.53. The Bertz CT molecular complexity index is 602. The lowest BCUT2D eigenvalue weighted by Gasteiger charge is -2.47. The Morgan fingerprint density at radius 2 is 1.95 bits per heavy atom. The first-order valence-corrected chi connectivity index (χ1v) is 7.77. The van der Waals surface area contributed by atoms with Gasteiger partial charge in [0.2, 0.25) is 0 Å². The maximum absolute atomic E-state index is 2.77. The van der Waals surface area contributed by atoms with Crippen LogP contribution in [0.3, 0.4) is 0 Å². The van der Waals surface area contributed by atoms with Crippen molar-refractivity contribution in [2.45, 2.75) is 38.3 Å². The lowest BCUT2D eigenvalue weighted by molar-refractivity contribution is 0.0577. The fourth-order valence-corrected chi connectivity index (χ4v) is 4.89. The Balaban J connectivity index is 1.83. The molecule has 2 heteroatoms. The number of para-hydroxylation sites is 1. The minimum absolute atomic E-state index is 0.735. The highest BCUT2D eigenvalue weighted by atomic mass is 15.2. The Morgan fingerprint density at radius 1 is 1.00 bits per heavy atom. The number of nitrogens with zero attached hydrogens (tertiary/aromatic N) is 2. The second-order valence-corrected chi connectivity index (χ2v) is 6.45. The smallest absolute Gasteiger partial charge is 0.0532 e. The predicted molar refractivity (Wildman–Crippen MR) is 77.3 cm³/mol. The van der Waals surface area contributed by atoms with Crippen LogP contribution in [0.5, 0.6) is 0 Å². The van der Waals surface area contributed by atoms with E-state index < -0.39 is 0 Å². The monoisotopic (exact) mass is 252 g/mol. The molecule has 1 aromatic carbocycles. The van der Waals surface area contributed by atoms with Crippen molar-refractivity contribution in [3.05, 3.63) is 35.5 Å². The van der Waals surface area contributed by atoms with Crippen LogP contribution >= 0.6 is 0 Å². The summed E-state index contributed by atoms with van der Waals surface area (Å²) in [6.07, 6.45) is 5.50. The second kappa shape index (κ2) is 3.63. The van der Waals surface area contributed by atoms with E-state index in [4.69, 9.17) is 0 Å². The summed E-state index contributed by atoms with van der Waals surface area (Å²) >= 11 is 0. The van der Waals surface area contributed by atoms with Crippen molar-refractivity contribution >= 4 is 10.9 Å². The van der Waals surface area contributed by atoms with Gasteiger partial charge in [-0.25, -0.2) is 0 Å². The quantitative estimate of drug-likeness (QED) is 0.698. The summed E-state index contributed by atoms with van der Waals surface area (Å²) in [5.41, 5.74) is 4.84. The van der Waals surface area contributed by atoms with Crippen LogP contribution in [0, 0.1) is 5.92 Å². The Morgan fingerprint density at radius 3 is 2.95 bits per heavy atom. The van der Waals surface area contributed by atoms with Crippen molar-refractivity contribution in [1.29, 1.82) is 0 Å². The Labute approximate surface area is 114 Å². The van der Waals surface area contributed by atoms with Gasteiger partial charge < -0.3 is 4.57 Å². The molecular weight excluding hydrogens is 232 g/mol. The van der Waals surface area contributed by atoms with Crippen molar-refractivity contribution in [3.63, 3.8) is 0 Å².